The van der Waals surface area contributed by atoms with E-state index in [2.05, 4.69) is 16.4 Å². The van der Waals surface area contributed by atoms with Gasteiger partial charge in [0.15, 0.2) is 0 Å². The Bertz CT molecular complexity index is 1030. The summed E-state index contributed by atoms with van der Waals surface area (Å²) in [5, 5.41) is 4.35. The zero-order valence-electron chi connectivity index (χ0n) is 14.5. The molecule has 0 radical (unpaired) electrons. The molecule has 1 unspecified atom stereocenters. The maximum atomic E-state index is 6.46. The Morgan fingerprint density at radius 3 is 2.77 bits per heavy atom. The second-order valence-electron chi connectivity index (χ2n) is 6.24. The van der Waals surface area contributed by atoms with E-state index in [-0.39, 0.29) is 6.04 Å². The lowest BCUT2D eigenvalue weighted by Crippen LogP contribution is -2.12. The maximum Gasteiger partial charge on any atom is 0.127 e. The Hall–Kier alpha value is -3.18. The summed E-state index contributed by atoms with van der Waals surface area (Å²) in [5.74, 6) is 2.60. The predicted molar refractivity (Wildman–Crippen MR) is 103 cm³/mol. The monoisotopic (exact) mass is 344 g/mol. The lowest BCUT2D eigenvalue weighted by atomic mass is 9.97. The van der Waals surface area contributed by atoms with Crippen LogP contribution in [0.3, 0.4) is 0 Å². The van der Waals surface area contributed by atoms with Crippen LogP contribution in [0, 0.1) is 6.92 Å². The number of furan rings is 1. The number of aryl methyl sites for hydroxylation is 1. The fourth-order valence-corrected chi connectivity index (χ4v) is 3.05. The van der Waals surface area contributed by atoms with Gasteiger partial charge in [-0.2, -0.15) is 0 Å². The predicted octanol–water partition coefficient (Wildman–Crippen LogP) is 4.19. The SMILES string of the molecule is Cc1ccc(CNc2ccc3c(C(N)c4cccnc4)cccc3n2)o1. The van der Waals surface area contributed by atoms with Gasteiger partial charge in [-0.3, -0.25) is 4.98 Å². The van der Waals surface area contributed by atoms with E-state index in [0.29, 0.717) is 6.54 Å². The van der Waals surface area contributed by atoms with Crippen molar-refractivity contribution in [1.82, 2.24) is 9.97 Å². The van der Waals surface area contributed by atoms with E-state index in [1.54, 1.807) is 12.4 Å². The van der Waals surface area contributed by atoms with Gasteiger partial charge in [-0.05, 0) is 54.4 Å². The summed E-state index contributed by atoms with van der Waals surface area (Å²) in [6.07, 6.45) is 3.55. The zero-order valence-corrected chi connectivity index (χ0v) is 14.5. The molecule has 0 bridgehead atoms. The second kappa shape index (κ2) is 6.98. The van der Waals surface area contributed by atoms with Crippen LogP contribution in [0.25, 0.3) is 10.9 Å². The fraction of sp³-hybridized carbons (Fsp3) is 0.143. The van der Waals surface area contributed by atoms with Gasteiger partial charge in [0, 0.05) is 17.8 Å². The van der Waals surface area contributed by atoms with Gasteiger partial charge in [0.25, 0.3) is 0 Å². The van der Waals surface area contributed by atoms with Crippen LogP contribution in [0.5, 0.6) is 0 Å². The average Bonchev–Trinajstić information content (AvgIpc) is 3.11. The van der Waals surface area contributed by atoms with Crippen molar-refractivity contribution in [1.29, 1.82) is 0 Å². The maximum absolute atomic E-state index is 6.46. The minimum absolute atomic E-state index is 0.237. The quantitative estimate of drug-likeness (QED) is 0.567. The number of fused-ring (bicyclic) bond motifs is 1. The number of rotatable bonds is 5. The highest BCUT2D eigenvalue weighted by Gasteiger charge is 2.13. The third-order valence-electron chi connectivity index (χ3n) is 4.38. The van der Waals surface area contributed by atoms with Crippen molar-refractivity contribution >= 4 is 16.7 Å². The average molecular weight is 344 g/mol. The van der Waals surface area contributed by atoms with Gasteiger partial charge < -0.3 is 15.5 Å². The van der Waals surface area contributed by atoms with Crippen LogP contribution in [-0.2, 0) is 6.54 Å². The van der Waals surface area contributed by atoms with Crippen LogP contribution in [-0.4, -0.2) is 9.97 Å². The van der Waals surface area contributed by atoms with Crippen LogP contribution in [0.1, 0.15) is 28.7 Å². The van der Waals surface area contributed by atoms with Gasteiger partial charge in [0.05, 0.1) is 18.1 Å². The van der Waals surface area contributed by atoms with Crippen molar-refractivity contribution in [3.05, 3.63) is 89.6 Å². The number of pyridine rings is 2. The minimum atomic E-state index is -0.237. The summed E-state index contributed by atoms with van der Waals surface area (Å²) in [5.41, 5.74) is 9.39. The van der Waals surface area contributed by atoms with E-state index in [9.17, 15) is 0 Å². The van der Waals surface area contributed by atoms with Crippen molar-refractivity contribution in [2.75, 3.05) is 5.32 Å². The minimum Gasteiger partial charge on any atom is -0.465 e. The molecule has 0 spiro atoms. The number of nitrogens with one attached hydrogen (secondary N) is 1. The third kappa shape index (κ3) is 3.30. The van der Waals surface area contributed by atoms with Crippen molar-refractivity contribution < 1.29 is 4.42 Å². The number of anilines is 1. The molecule has 0 saturated heterocycles. The smallest absolute Gasteiger partial charge is 0.127 e. The van der Waals surface area contributed by atoms with Gasteiger partial charge >= 0.3 is 0 Å². The number of aromatic nitrogens is 2. The molecule has 4 rings (SSSR count). The molecule has 5 heteroatoms. The van der Waals surface area contributed by atoms with Gasteiger partial charge in [-0.25, -0.2) is 4.98 Å². The number of hydrogen-bond acceptors (Lipinski definition) is 5. The lowest BCUT2D eigenvalue weighted by molar-refractivity contribution is 0.490. The summed E-state index contributed by atoms with van der Waals surface area (Å²) >= 11 is 0. The molecule has 0 aliphatic rings. The summed E-state index contributed by atoms with van der Waals surface area (Å²) < 4.78 is 5.58. The van der Waals surface area contributed by atoms with E-state index < -0.39 is 0 Å². The molecule has 5 nitrogen and oxygen atoms in total. The van der Waals surface area contributed by atoms with Gasteiger partial charge in [0.2, 0.25) is 0 Å². The number of hydrogen-bond donors (Lipinski definition) is 2. The van der Waals surface area contributed by atoms with Crippen LogP contribution in [0.15, 0.2) is 71.4 Å². The first-order valence-electron chi connectivity index (χ1n) is 8.55. The normalized spacial score (nSPS) is 12.2. The Kier molecular flexibility index (Phi) is 4.37. The van der Waals surface area contributed by atoms with Crippen LogP contribution < -0.4 is 11.1 Å². The largest absolute Gasteiger partial charge is 0.465 e. The molecule has 0 amide bonds. The Balaban J connectivity index is 1.61. The summed E-state index contributed by atoms with van der Waals surface area (Å²) in [4.78, 5) is 8.88. The first-order valence-corrected chi connectivity index (χ1v) is 8.55. The molecule has 3 heterocycles. The van der Waals surface area contributed by atoms with Gasteiger partial charge in [-0.1, -0.05) is 18.2 Å². The number of nitrogens with two attached hydrogens (primary N) is 1. The molecule has 1 atom stereocenters. The highest BCUT2D eigenvalue weighted by Crippen LogP contribution is 2.27. The van der Waals surface area contributed by atoms with Crippen LogP contribution in [0.4, 0.5) is 5.82 Å². The van der Waals surface area contributed by atoms with Crippen LogP contribution >= 0.6 is 0 Å². The Morgan fingerprint density at radius 1 is 1.08 bits per heavy atom. The molecule has 0 saturated carbocycles. The molecule has 1 aromatic carbocycles. The fourth-order valence-electron chi connectivity index (χ4n) is 3.05. The van der Waals surface area contributed by atoms with E-state index in [0.717, 1.165) is 39.4 Å². The summed E-state index contributed by atoms with van der Waals surface area (Å²) in [6, 6.07) is 17.6. The molecule has 0 aliphatic carbocycles. The molecular formula is C21H20N4O. The van der Waals surface area contributed by atoms with E-state index in [1.165, 1.54) is 0 Å². The first kappa shape index (κ1) is 16.3. The standard InChI is InChI=1S/C21H20N4O/c1-14-7-8-16(26-14)13-24-20-10-9-17-18(5-2-6-19(17)25-20)21(22)15-4-3-11-23-12-15/h2-12,21H,13,22H2,1H3,(H,24,25). The summed E-state index contributed by atoms with van der Waals surface area (Å²) in [6.45, 7) is 2.53. The van der Waals surface area contributed by atoms with Crippen molar-refractivity contribution in [3.63, 3.8) is 0 Å². The van der Waals surface area contributed by atoms with E-state index >= 15 is 0 Å². The van der Waals surface area contributed by atoms with E-state index in [1.807, 2.05) is 55.5 Å². The lowest BCUT2D eigenvalue weighted by Gasteiger charge is -2.15. The highest BCUT2D eigenvalue weighted by atomic mass is 16.3. The van der Waals surface area contributed by atoms with E-state index in [4.69, 9.17) is 15.1 Å². The Labute approximate surface area is 151 Å². The summed E-state index contributed by atoms with van der Waals surface area (Å²) in [7, 11) is 0. The highest BCUT2D eigenvalue weighted by molar-refractivity contribution is 5.84. The molecule has 0 fully saturated rings. The third-order valence-corrected chi connectivity index (χ3v) is 4.38. The molecular weight excluding hydrogens is 324 g/mol. The number of benzene rings is 1. The molecule has 3 aromatic heterocycles. The first-order chi connectivity index (χ1) is 12.7. The number of nitrogens with zero attached hydrogens (tertiary/aromatic N) is 2. The van der Waals surface area contributed by atoms with Crippen molar-refractivity contribution in [2.24, 2.45) is 5.73 Å². The Morgan fingerprint density at radius 2 is 2.00 bits per heavy atom. The van der Waals surface area contributed by atoms with Crippen molar-refractivity contribution in [3.8, 4) is 0 Å². The second-order valence-corrected chi connectivity index (χ2v) is 6.24. The molecule has 0 aliphatic heterocycles. The van der Waals surface area contributed by atoms with Crippen LogP contribution in [0.2, 0.25) is 0 Å². The molecule has 26 heavy (non-hydrogen) atoms. The molecule has 130 valence electrons. The molecule has 4 aromatic rings. The van der Waals surface area contributed by atoms with Gasteiger partial charge in [-0.15, -0.1) is 0 Å². The topological polar surface area (TPSA) is 77.0 Å². The van der Waals surface area contributed by atoms with Gasteiger partial charge in [0.1, 0.15) is 17.3 Å². The zero-order chi connectivity index (χ0) is 17.9. The molecule has 3 N–H and O–H groups in total. The van der Waals surface area contributed by atoms with Crippen molar-refractivity contribution in [2.45, 2.75) is 19.5 Å².